The maximum absolute atomic E-state index is 5.76. The molecule has 0 spiro atoms. The quantitative estimate of drug-likeness (QED) is 0.591. The minimum atomic E-state index is 0.0766. The predicted molar refractivity (Wildman–Crippen MR) is 39.7 cm³/mol. The molecule has 1 atom stereocenters. The number of rotatable bonds is 1. The van der Waals surface area contributed by atoms with E-state index >= 15 is 0 Å². The summed E-state index contributed by atoms with van der Waals surface area (Å²) in [4.78, 5) is 0. The largest absolute Gasteiger partial charge is 0.356 e. The molecule has 58 valence electrons. The molecule has 0 aromatic rings. The SMILES string of the molecule is CC1(C)CNC(C2CC2)O1. The van der Waals surface area contributed by atoms with Crippen LogP contribution in [0.1, 0.15) is 26.7 Å². The summed E-state index contributed by atoms with van der Waals surface area (Å²) in [6.07, 6.45) is 3.08. The van der Waals surface area contributed by atoms with E-state index in [9.17, 15) is 0 Å². The van der Waals surface area contributed by atoms with Gasteiger partial charge in [-0.1, -0.05) is 0 Å². The second kappa shape index (κ2) is 1.95. The van der Waals surface area contributed by atoms with Gasteiger partial charge in [-0.15, -0.1) is 0 Å². The van der Waals surface area contributed by atoms with Crippen molar-refractivity contribution in [1.82, 2.24) is 5.32 Å². The van der Waals surface area contributed by atoms with Crippen LogP contribution in [0.5, 0.6) is 0 Å². The molecular weight excluding hydrogens is 126 g/mol. The van der Waals surface area contributed by atoms with Gasteiger partial charge in [0.05, 0.1) is 5.60 Å². The van der Waals surface area contributed by atoms with E-state index in [1.807, 2.05) is 0 Å². The van der Waals surface area contributed by atoms with Crippen LogP contribution in [0.2, 0.25) is 0 Å². The number of ether oxygens (including phenoxy) is 1. The molecule has 0 amide bonds. The van der Waals surface area contributed by atoms with Crippen molar-refractivity contribution in [1.29, 1.82) is 0 Å². The lowest BCUT2D eigenvalue weighted by Gasteiger charge is -2.16. The second-order valence-corrected chi connectivity index (χ2v) is 4.02. The van der Waals surface area contributed by atoms with E-state index < -0.39 is 0 Å². The van der Waals surface area contributed by atoms with Gasteiger partial charge in [0.25, 0.3) is 0 Å². The van der Waals surface area contributed by atoms with Gasteiger partial charge in [0.1, 0.15) is 6.23 Å². The fraction of sp³-hybridized carbons (Fsp3) is 1.00. The van der Waals surface area contributed by atoms with Crippen molar-refractivity contribution in [3.8, 4) is 0 Å². The molecule has 2 heteroatoms. The van der Waals surface area contributed by atoms with Gasteiger partial charge in [-0.2, -0.15) is 0 Å². The number of hydrogen-bond donors (Lipinski definition) is 1. The molecular formula is C8H15NO. The summed E-state index contributed by atoms with van der Waals surface area (Å²) in [5.41, 5.74) is 0.0766. The van der Waals surface area contributed by atoms with Gasteiger partial charge in [0, 0.05) is 6.54 Å². The first-order valence-corrected chi connectivity index (χ1v) is 4.09. The Kier molecular flexibility index (Phi) is 1.29. The summed E-state index contributed by atoms with van der Waals surface area (Å²) in [7, 11) is 0. The highest BCUT2D eigenvalue weighted by atomic mass is 16.5. The van der Waals surface area contributed by atoms with E-state index in [0.29, 0.717) is 6.23 Å². The summed E-state index contributed by atoms with van der Waals surface area (Å²) in [5, 5.41) is 3.39. The minimum absolute atomic E-state index is 0.0766. The van der Waals surface area contributed by atoms with E-state index in [0.717, 1.165) is 12.5 Å². The Morgan fingerprint density at radius 2 is 2.10 bits per heavy atom. The lowest BCUT2D eigenvalue weighted by Crippen LogP contribution is -2.24. The number of hydrogen-bond acceptors (Lipinski definition) is 2. The van der Waals surface area contributed by atoms with Gasteiger partial charge >= 0.3 is 0 Å². The first-order valence-electron chi connectivity index (χ1n) is 4.09. The van der Waals surface area contributed by atoms with Crippen LogP contribution in [0, 0.1) is 5.92 Å². The molecule has 2 rings (SSSR count). The minimum Gasteiger partial charge on any atom is -0.356 e. The van der Waals surface area contributed by atoms with Crippen LogP contribution in [0.25, 0.3) is 0 Å². The van der Waals surface area contributed by atoms with Crippen molar-refractivity contribution in [2.45, 2.75) is 38.5 Å². The summed E-state index contributed by atoms with van der Waals surface area (Å²) >= 11 is 0. The van der Waals surface area contributed by atoms with Crippen molar-refractivity contribution in [3.63, 3.8) is 0 Å². The average Bonchev–Trinajstić information content (AvgIpc) is 2.59. The molecule has 1 saturated heterocycles. The molecule has 1 heterocycles. The molecule has 1 aliphatic carbocycles. The van der Waals surface area contributed by atoms with Gasteiger partial charge in [0.15, 0.2) is 0 Å². The zero-order chi connectivity index (χ0) is 7.19. The van der Waals surface area contributed by atoms with Crippen molar-refractivity contribution in [2.24, 2.45) is 5.92 Å². The van der Waals surface area contributed by atoms with Gasteiger partial charge in [-0.25, -0.2) is 0 Å². The van der Waals surface area contributed by atoms with Gasteiger partial charge < -0.3 is 4.74 Å². The Morgan fingerprint density at radius 1 is 1.40 bits per heavy atom. The molecule has 1 aliphatic heterocycles. The first-order chi connectivity index (χ1) is 4.67. The Morgan fingerprint density at radius 3 is 2.50 bits per heavy atom. The summed E-state index contributed by atoms with van der Waals surface area (Å²) in [6, 6.07) is 0. The van der Waals surface area contributed by atoms with E-state index in [4.69, 9.17) is 4.74 Å². The highest BCUT2D eigenvalue weighted by Crippen LogP contribution is 2.37. The third-order valence-corrected chi connectivity index (χ3v) is 2.23. The first kappa shape index (κ1) is 6.62. The molecule has 1 N–H and O–H groups in total. The maximum Gasteiger partial charge on any atom is 0.111 e. The zero-order valence-electron chi connectivity index (χ0n) is 6.68. The second-order valence-electron chi connectivity index (χ2n) is 4.02. The van der Waals surface area contributed by atoms with Crippen LogP contribution in [0.4, 0.5) is 0 Å². The predicted octanol–water partition coefficient (Wildman–Crippen LogP) is 1.12. The van der Waals surface area contributed by atoms with Crippen LogP contribution in [0.3, 0.4) is 0 Å². The Balaban J connectivity index is 1.92. The molecule has 2 nitrogen and oxygen atoms in total. The zero-order valence-corrected chi connectivity index (χ0v) is 6.68. The molecule has 1 saturated carbocycles. The van der Waals surface area contributed by atoms with Gasteiger partial charge in [0.2, 0.25) is 0 Å². The Bertz CT molecular complexity index is 140. The average molecular weight is 141 g/mol. The van der Waals surface area contributed by atoms with Crippen LogP contribution in [0.15, 0.2) is 0 Å². The molecule has 2 fully saturated rings. The van der Waals surface area contributed by atoms with Crippen LogP contribution in [-0.4, -0.2) is 18.4 Å². The maximum atomic E-state index is 5.76. The van der Waals surface area contributed by atoms with E-state index in [2.05, 4.69) is 19.2 Å². The molecule has 0 aromatic carbocycles. The lowest BCUT2D eigenvalue weighted by atomic mass is 10.1. The number of nitrogens with one attached hydrogen (secondary N) is 1. The van der Waals surface area contributed by atoms with Crippen molar-refractivity contribution in [2.75, 3.05) is 6.54 Å². The molecule has 10 heavy (non-hydrogen) atoms. The van der Waals surface area contributed by atoms with Crippen LogP contribution < -0.4 is 5.32 Å². The van der Waals surface area contributed by atoms with Crippen molar-refractivity contribution >= 4 is 0 Å². The van der Waals surface area contributed by atoms with E-state index in [1.54, 1.807) is 0 Å². The molecule has 2 aliphatic rings. The topological polar surface area (TPSA) is 21.3 Å². The van der Waals surface area contributed by atoms with Gasteiger partial charge in [-0.05, 0) is 32.6 Å². The summed E-state index contributed by atoms with van der Waals surface area (Å²) < 4.78 is 5.76. The summed E-state index contributed by atoms with van der Waals surface area (Å²) in [5.74, 6) is 0.821. The van der Waals surface area contributed by atoms with Crippen LogP contribution in [-0.2, 0) is 4.74 Å². The molecule has 0 radical (unpaired) electrons. The van der Waals surface area contributed by atoms with Crippen LogP contribution >= 0.6 is 0 Å². The van der Waals surface area contributed by atoms with Crippen molar-refractivity contribution in [3.05, 3.63) is 0 Å². The highest BCUT2D eigenvalue weighted by Gasteiger charge is 2.40. The Hall–Kier alpha value is -0.0800. The normalized spacial score (nSPS) is 38.4. The monoisotopic (exact) mass is 141 g/mol. The molecule has 0 bridgehead atoms. The van der Waals surface area contributed by atoms with Gasteiger partial charge in [-0.3, -0.25) is 5.32 Å². The fourth-order valence-electron chi connectivity index (χ4n) is 1.44. The Labute approximate surface area is 61.9 Å². The molecule has 1 unspecified atom stereocenters. The van der Waals surface area contributed by atoms with Crippen molar-refractivity contribution < 1.29 is 4.74 Å². The third kappa shape index (κ3) is 1.18. The standard InChI is InChI=1S/C8H15NO/c1-8(2)5-9-7(10-8)6-3-4-6/h6-7,9H,3-5H2,1-2H3. The highest BCUT2D eigenvalue weighted by molar-refractivity contribution is 4.89. The third-order valence-electron chi connectivity index (χ3n) is 2.23. The fourth-order valence-corrected chi connectivity index (χ4v) is 1.44. The smallest absolute Gasteiger partial charge is 0.111 e. The van der Waals surface area contributed by atoms with E-state index in [-0.39, 0.29) is 5.60 Å². The summed E-state index contributed by atoms with van der Waals surface area (Å²) in [6.45, 7) is 5.29. The lowest BCUT2D eigenvalue weighted by molar-refractivity contribution is -0.0242. The molecule has 0 aromatic heterocycles. The van der Waals surface area contributed by atoms with E-state index in [1.165, 1.54) is 12.8 Å².